The van der Waals surface area contributed by atoms with Gasteiger partial charge >= 0.3 is 0 Å². The summed E-state index contributed by atoms with van der Waals surface area (Å²) >= 11 is 0. The topological polar surface area (TPSA) is 0 Å². The lowest BCUT2D eigenvalue weighted by atomic mass is 9.80. The highest BCUT2D eigenvalue weighted by atomic mass is 14.4. The Hall–Kier alpha value is -9.36. The van der Waals surface area contributed by atoms with Gasteiger partial charge in [-0.25, -0.2) is 0 Å². The summed E-state index contributed by atoms with van der Waals surface area (Å²) in [7, 11) is 0. The first-order valence-corrected chi connectivity index (χ1v) is 30.1. The fourth-order valence-electron chi connectivity index (χ4n) is 15.4. The van der Waals surface area contributed by atoms with Crippen molar-refractivity contribution >= 4 is 0 Å². The number of rotatable bonds is 7. The normalized spacial score (nSPS) is 15.3. The van der Waals surface area contributed by atoms with Gasteiger partial charge < -0.3 is 0 Å². The van der Waals surface area contributed by atoms with Crippen molar-refractivity contribution in [2.24, 2.45) is 0 Å². The van der Waals surface area contributed by atoms with Crippen molar-refractivity contribution < 1.29 is 0 Å². The molecule has 0 spiro atoms. The summed E-state index contributed by atoms with van der Waals surface area (Å²) in [6, 6.07) is 96.9. The SMILES string of the molecule is CC1(C)c2ccccc2-c2ccc(-c3cccc(-c4ccc5c(c4)C(C)(C)c4cc(-c6ccc(-c7ccc(-c8ccc9c(c8)C(C)(C)c8cc(-c%10cccc(-c%11ccc%12c(c%11)C(C)(C)c%11ccccc%11-%12)c%10)ccc8-9)cc7)cc6)ccc4-5)c3)cc21. The summed E-state index contributed by atoms with van der Waals surface area (Å²) in [5.74, 6) is 0. The van der Waals surface area contributed by atoms with E-state index in [1.807, 2.05) is 0 Å². The highest BCUT2D eigenvalue weighted by Gasteiger charge is 2.39. The minimum atomic E-state index is -0.150. The molecular weight excluding hydrogens is 1010 g/mol. The summed E-state index contributed by atoms with van der Waals surface area (Å²) in [6.45, 7) is 19.0. The van der Waals surface area contributed by atoms with Crippen LogP contribution >= 0.6 is 0 Å². The van der Waals surface area contributed by atoms with Gasteiger partial charge in [-0.15, -0.1) is 0 Å². The van der Waals surface area contributed by atoms with Crippen LogP contribution in [0.3, 0.4) is 0 Å². The Kier molecular flexibility index (Phi) is 10.8. The maximum absolute atomic E-state index is 2.45. The van der Waals surface area contributed by atoms with Gasteiger partial charge in [0.1, 0.15) is 0 Å². The van der Waals surface area contributed by atoms with Gasteiger partial charge in [0, 0.05) is 21.7 Å². The lowest BCUT2D eigenvalue weighted by Crippen LogP contribution is -2.15. The average molecular weight is 1080 g/mol. The molecule has 16 rings (SSSR count). The highest BCUT2D eigenvalue weighted by molar-refractivity contribution is 5.91. The maximum atomic E-state index is 2.45. The molecule has 0 atom stereocenters. The van der Waals surface area contributed by atoms with E-state index in [2.05, 4.69) is 310 Å². The molecular formula is C84H66. The average Bonchev–Trinajstić information content (AvgIpc) is 1.83. The van der Waals surface area contributed by atoms with Gasteiger partial charge in [0.25, 0.3) is 0 Å². The number of hydrogen-bond donors (Lipinski definition) is 0. The Bertz CT molecular complexity index is 4440. The molecule has 0 fully saturated rings. The standard InChI is InChI=1S/C84H66/c1-81(2)73-21-11-9-19-65(73)67-39-33-61(47-75(67)81)55-15-13-17-57(43-55)63-35-41-71-69-37-31-59(45-77(69)83(5,6)79(71)49-63)53-27-23-51(24-28-53)52-25-29-54(30-26-52)60-32-38-70-72-42-36-64(50-80(72)84(7,8)78(70)46-60)58-18-14-16-56(44-58)62-34-40-68-66-20-10-12-22-74(66)82(3,4)76(68)48-62/h9-50H,1-8H3. The molecule has 0 N–H and O–H groups in total. The Morgan fingerprint density at radius 3 is 0.583 bits per heavy atom. The number of benzene rings is 12. The molecule has 0 heteroatoms. The van der Waals surface area contributed by atoms with Crippen LogP contribution in [0.1, 0.15) is 99.9 Å². The van der Waals surface area contributed by atoms with E-state index in [0.717, 1.165) is 0 Å². The predicted octanol–water partition coefficient (Wildman–Crippen LogP) is 22.6. The fourth-order valence-corrected chi connectivity index (χ4v) is 15.4. The van der Waals surface area contributed by atoms with Crippen molar-refractivity contribution in [3.05, 3.63) is 299 Å². The van der Waals surface area contributed by atoms with Crippen LogP contribution in [0, 0.1) is 0 Å². The third-order valence-corrected chi connectivity index (χ3v) is 20.3. The van der Waals surface area contributed by atoms with Crippen LogP contribution in [0.25, 0.3) is 122 Å². The first kappa shape index (κ1) is 50.4. The third-order valence-electron chi connectivity index (χ3n) is 20.3. The molecule has 0 bridgehead atoms. The van der Waals surface area contributed by atoms with Crippen molar-refractivity contribution in [3.8, 4) is 122 Å². The van der Waals surface area contributed by atoms with Crippen LogP contribution in [0.2, 0.25) is 0 Å². The molecule has 0 saturated heterocycles. The quantitative estimate of drug-likeness (QED) is 0.149. The predicted molar refractivity (Wildman–Crippen MR) is 355 cm³/mol. The first-order valence-electron chi connectivity index (χ1n) is 30.1. The van der Waals surface area contributed by atoms with Gasteiger partial charge in [-0.1, -0.05) is 262 Å². The molecule has 4 aliphatic carbocycles. The van der Waals surface area contributed by atoms with E-state index in [9.17, 15) is 0 Å². The summed E-state index contributed by atoms with van der Waals surface area (Å²) < 4.78 is 0. The minimum absolute atomic E-state index is 0.0306. The van der Waals surface area contributed by atoms with Gasteiger partial charge in [-0.2, -0.15) is 0 Å². The zero-order chi connectivity index (χ0) is 57.0. The minimum Gasteiger partial charge on any atom is -0.0619 e. The van der Waals surface area contributed by atoms with Crippen LogP contribution in [0.5, 0.6) is 0 Å². The van der Waals surface area contributed by atoms with Crippen molar-refractivity contribution in [1.82, 2.24) is 0 Å². The number of hydrogen-bond acceptors (Lipinski definition) is 0. The summed E-state index contributed by atoms with van der Waals surface area (Å²) in [5, 5.41) is 0. The summed E-state index contributed by atoms with van der Waals surface area (Å²) in [5.41, 5.74) is 39.0. The molecule has 0 aliphatic heterocycles. The lowest BCUT2D eigenvalue weighted by molar-refractivity contribution is 0.660. The molecule has 4 aliphatic rings. The Labute approximate surface area is 495 Å². The molecule has 12 aromatic rings. The summed E-state index contributed by atoms with van der Waals surface area (Å²) in [4.78, 5) is 0. The molecule has 12 aromatic carbocycles. The summed E-state index contributed by atoms with van der Waals surface area (Å²) in [6.07, 6.45) is 0. The lowest BCUT2D eigenvalue weighted by Gasteiger charge is -2.23. The Morgan fingerprint density at radius 1 is 0.143 bits per heavy atom. The van der Waals surface area contributed by atoms with Crippen LogP contribution in [0.15, 0.2) is 255 Å². The maximum Gasteiger partial charge on any atom is 0.0159 e. The molecule has 0 unspecified atom stereocenters. The van der Waals surface area contributed by atoms with Gasteiger partial charge in [0.2, 0.25) is 0 Å². The van der Waals surface area contributed by atoms with E-state index in [-0.39, 0.29) is 21.7 Å². The van der Waals surface area contributed by atoms with Crippen molar-refractivity contribution in [2.75, 3.05) is 0 Å². The molecule has 0 saturated carbocycles. The second-order valence-electron chi connectivity index (χ2n) is 26.5. The van der Waals surface area contributed by atoms with Crippen molar-refractivity contribution in [1.29, 1.82) is 0 Å². The van der Waals surface area contributed by atoms with Gasteiger partial charge in [0.15, 0.2) is 0 Å². The van der Waals surface area contributed by atoms with Gasteiger partial charge in [-0.05, 0) is 215 Å². The number of fused-ring (bicyclic) bond motifs is 12. The van der Waals surface area contributed by atoms with Crippen LogP contribution < -0.4 is 0 Å². The van der Waals surface area contributed by atoms with Crippen molar-refractivity contribution in [3.63, 3.8) is 0 Å². The molecule has 0 aromatic heterocycles. The largest absolute Gasteiger partial charge is 0.0619 e. The molecule has 0 radical (unpaired) electrons. The zero-order valence-electron chi connectivity index (χ0n) is 49.2. The van der Waals surface area contributed by atoms with Crippen LogP contribution in [0.4, 0.5) is 0 Å². The van der Waals surface area contributed by atoms with E-state index in [4.69, 9.17) is 0 Å². The van der Waals surface area contributed by atoms with E-state index in [1.54, 1.807) is 0 Å². The second-order valence-corrected chi connectivity index (χ2v) is 26.5. The monoisotopic (exact) mass is 1070 g/mol. The smallest absolute Gasteiger partial charge is 0.0159 e. The van der Waals surface area contributed by atoms with Crippen LogP contribution in [-0.4, -0.2) is 0 Å². The zero-order valence-corrected chi connectivity index (χ0v) is 49.2. The molecule has 0 amide bonds. The first-order chi connectivity index (χ1) is 40.6. The van der Waals surface area contributed by atoms with E-state index in [1.165, 1.54) is 167 Å². The molecule has 0 heterocycles. The fraction of sp³-hybridized carbons (Fsp3) is 0.143. The van der Waals surface area contributed by atoms with Gasteiger partial charge in [0.05, 0.1) is 0 Å². The highest BCUT2D eigenvalue weighted by Crippen LogP contribution is 2.55. The Balaban J connectivity index is 0.614. The molecule has 84 heavy (non-hydrogen) atoms. The molecule has 402 valence electrons. The third kappa shape index (κ3) is 7.52. The van der Waals surface area contributed by atoms with Gasteiger partial charge in [-0.3, -0.25) is 0 Å². The van der Waals surface area contributed by atoms with E-state index < -0.39 is 0 Å². The van der Waals surface area contributed by atoms with Crippen LogP contribution in [-0.2, 0) is 21.7 Å². The van der Waals surface area contributed by atoms with Crippen molar-refractivity contribution in [2.45, 2.75) is 77.0 Å². The van der Waals surface area contributed by atoms with E-state index >= 15 is 0 Å². The second kappa shape index (κ2) is 18.1. The Morgan fingerprint density at radius 2 is 0.321 bits per heavy atom. The van der Waals surface area contributed by atoms with E-state index in [0.29, 0.717) is 0 Å². The molecule has 0 nitrogen and oxygen atoms in total.